The van der Waals surface area contributed by atoms with Crippen molar-refractivity contribution in [3.05, 3.63) is 40.5 Å². The molecule has 1 aliphatic heterocycles. The van der Waals surface area contributed by atoms with Gasteiger partial charge in [-0.05, 0) is 50.1 Å². The van der Waals surface area contributed by atoms with Gasteiger partial charge >= 0.3 is 0 Å². The average Bonchev–Trinajstić information content (AvgIpc) is 3.13. The van der Waals surface area contributed by atoms with E-state index in [0.29, 0.717) is 6.61 Å². The van der Waals surface area contributed by atoms with Crippen LogP contribution in [0.3, 0.4) is 0 Å². The van der Waals surface area contributed by atoms with Crippen LogP contribution in [0.2, 0.25) is 0 Å². The third-order valence-electron chi connectivity index (χ3n) is 5.41. The van der Waals surface area contributed by atoms with Gasteiger partial charge < -0.3 is 14.8 Å². The Balaban J connectivity index is 1.57. The first-order chi connectivity index (χ1) is 15.4. The molecule has 3 heterocycles. The molecule has 8 heteroatoms. The minimum Gasteiger partial charge on any atom is -0.497 e. The van der Waals surface area contributed by atoms with Crippen LogP contribution in [-0.4, -0.2) is 34.3 Å². The summed E-state index contributed by atoms with van der Waals surface area (Å²) in [5.41, 5.74) is 1.82. The third kappa shape index (κ3) is 5.24. The van der Waals surface area contributed by atoms with Crippen molar-refractivity contribution in [3.63, 3.8) is 0 Å². The van der Waals surface area contributed by atoms with E-state index in [9.17, 15) is 4.79 Å². The van der Waals surface area contributed by atoms with Gasteiger partial charge in [-0.1, -0.05) is 25.1 Å². The summed E-state index contributed by atoms with van der Waals surface area (Å²) in [6.45, 7) is 7.01. The maximum atomic E-state index is 12.6. The highest BCUT2D eigenvalue weighted by atomic mass is 32.2. The van der Waals surface area contributed by atoms with E-state index in [0.717, 1.165) is 58.2 Å². The second-order valence-electron chi connectivity index (χ2n) is 8.52. The number of fused-ring (bicyclic) bond motifs is 3. The summed E-state index contributed by atoms with van der Waals surface area (Å²) in [6, 6.07) is 7.34. The highest BCUT2D eigenvalue weighted by Crippen LogP contribution is 2.41. The maximum absolute atomic E-state index is 12.6. The molecule has 1 N–H and O–H groups in total. The second kappa shape index (κ2) is 9.77. The first kappa shape index (κ1) is 23.0. The van der Waals surface area contributed by atoms with Crippen LogP contribution in [0.5, 0.6) is 5.75 Å². The van der Waals surface area contributed by atoms with Gasteiger partial charge in [0.1, 0.15) is 21.4 Å². The van der Waals surface area contributed by atoms with Crippen molar-refractivity contribution in [1.82, 2.24) is 9.97 Å². The number of thiophene rings is 1. The van der Waals surface area contributed by atoms with Crippen LogP contribution >= 0.6 is 23.1 Å². The van der Waals surface area contributed by atoms with E-state index in [-0.39, 0.29) is 17.3 Å². The van der Waals surface area contributed by atoms with Crippen LogP contribution in [0.25, 0.3) is 10.2 Å². The Labute approximate surface area is 197 Å². The van der Waals surface area contributed by atoms with E-state index in [4.69, 9.17) is 19.4 Å². The molecule has 0 atom stereocenters. The number of carbonyl (C=O) groups is 1. The molecule has 0 fully saturated rings. The lowest BCUT2D eigenvalue weighted by Gasteiger charge is -2.30. The van der Waals surface area contributed by atoms with E-state index in [1.165, 1.54) is 22.2 Å². The summed E-state index contributed by atoms with van der Waals surface area (Å²) in [5, 5.41) is 4.96. The van der Waals surface area contributed by atoms with Crippen molar-refractivity contribution < 1.29 is 14.3 Å². The second-order valence-corrected chi connectivity index (χ2v) is 10.6. The number of anilines is 1. The van der Waals surface area contributed by atoms with Crippen LogP contribution in [0.15, 0.2) is 29.3 Å². The van der Waals surface area contributed by atoms with Crippen molar-refractivity contribution in [3.8, 4) is 5.75 Å². The lowest BCUT2D eigenvalue weighted by Crippen LogP contribution is -2.31. The summed E-state index contributed by atoms with van der Waals surface area (Å²) in [4.78, 5) is 24.6. The molecular weight excluding hydrogens is 442 g/mol. The van der Waals surface area contributed by atoms with Crippen molar-refractivity contribution in [2.24, 2.45) is 0 Å². The predicted octanol–water partition coefficient (Wildman–Crippen LogP) is 5.62. The molecule has 0 saturated heterocycles. The highest BCUT2D eigenvalue weighted by Gasteiger charge is 2.31. The maximum Gasteiger partial charge on any atom is 0.234 e. The lowest BCUT2D eigenvalue weighted by molar-refractivity contribution is -0.113. The van der Waals surface area contributed by atoms with Gasteiger partial charge in [0.15, 0.2) is 0 Å². The van der Waals surface area contributed by atoms with Crippen molar-refractivity contribution in [1.29, 1.82) is 0 Å². The van der Waals surface area contributed by atoms with E-state index < -0.39 is 0 Å². The molecule has 1 amide bonds. The van der Waals surface area contributed by atoms with Crippen LogP contribution in [0.1, 0.15) is 49.9 Å². The number of carbonyl (C=O) groups excluding carboxylic acids is 1. The van der Waals surface area contributed by atoms with Gasteiger partial charge in [-0.3, -0.25) is 4.79 Å². The fourth-order valence-corrected chi connectivity index (χ4v) is 5.77. The molecule has 32 heavy (non-hydrogen) atoms. The monoisotopic (exact) mass is 471 g/mol. The Morgan fingerprint density at radius 2 is 2.06 bits per heavy atom. The molecule has 0 spiro atoms. The summed E-state index contributed by atoms with van der Waals surface area (Å²) in [5.74, 6) is 1.84. The van der Waals surface area contributed by atoms with Gasteiger partial charge in [-0.15, -0.1) is 11.3 Å². The zero-order valence-corrected chi connectivity index (χ0v) is 20.6. The Kier molecular flexibility index (Phi) is 7.02. The first-order valence-electron chi connectivity index (χ1n) is 10.9. The van der Waals surface area contributed by atoms with E-state index in [1.807, 2.05) is 24.3 Å². The molecule has 0 aliphatic carbocycles. The summed E-state index contributed by atoms with van der Waals surface area (Å²) in [6.07, 6.45) is 3.82. The van der Waals surface area contributed by atoms with Gasteiger partial charge in [0, 0.05) is 28.8 Å². The molecule has 2 aromatic heterocycles. The average molecular weight is 472 g/mol. The SMILES string of the molecule is CCCCc1nc(SCC(=O)Nc2ccc(OC)cc2)c2c3c(sc2n1)COC(C)(C)C3. The Hall–Kier alpha value is -2.16. The molecule has 4 rings (SSSR count). The largest absolute Gasteiger partial charge is 0.497 e. The van der Waals surface area contributed by atoms with Crippen LogP contribution in [0.4, 0.5) is 5.69 Å². The number of methoxy groups -OCH3 is 1. The van der Waals surface area contributed by atoms with E-state index >= 15 is 0 Å². The number of amides is 1. The first-order valence-corrected chi connectivity index (χ1v) is 12.7. The van der Waals surface area contributed by atoms with E-state index in [2.05, 4.69) is 26.1 Å². The number of hydrogen-bond acceptors (Lipinski definition) is 7. The van der Waals surface area contributed by atoms with Crippen molar-refractivity contribution >= 4 is 44.9 Å². The fourth-order valence-electron chi connectivity index (χ4n) is 3.71. The number of ether oxygens (including phenoxy) is 2. The molecular formula is C24H29N3O3S2. The third-order valence-corrected chi connectivity index (χ3v) is 7.49. The number of hydrogen-bond donors (Lipinski definition) is 1. The molecule has 0 bridgehead atoms. The van der Waals surface area contributed by atoms with Gasteiger partial charge in [0.2, 0.25) is 5.91 Å². The minimum absolute atomic E-state index is 0.0604. The molecule has 0 radical (unpaired) electrons. The molecule has 170 valence electrons. The number of benzene rings is 1. The van der Waals surface area contributed by atoms with Crippen molar-refractivity contribution in [2.45, 2.75) is 63.7 Å². The standard InChI is InChI=1S/C24H29N3O3S2/c1-5-6-7-19-26-22(31-14-20(28)25-15-8-10-16(29-4)11-9-15)21-17-12-24(2,3)30-13-18(17)32-23(21)27-19/h8-11H,5-7,12-14H2,1-4H3,(H,25,28). The zero-order chi connectivity index (χ0) is 22.7. The quantitative estimate of drug-likeness (QED) is 0.339. The number of thioether (sulfide) groups is 1. The molecule has 6 nitrogen and oxygen atoms in total. The molecule has 1 aromatic carbocycles. The number of unbranched alkanes of at least 4 members (excludes halogenated alkanes) is 1. The fraction of sp³-hybridized carbons (Fsp3) is 0.458. The topological polar surface area (TPSA) is 73.3 Å². The van der Waals surface area contributed by atoms with Gasteiger partial charge in [0.25, 0.3) is 0 Å². The van der Waals surface area contributed by atoms with Crippen LogP contribution in [0, 0.1) is 0 Å². The van der Waals surface area contributed by atoms with E-state index in [1.54, 1.807) is 18.4 Å². The molecule has 0 unspecified atom stereocenters. The highest BCUT2D eigenvalue weighted by molar-refractivity contribution is 8.00. The smallest absolute Gasteiger partial charge is 0.234 e. The number of aromatic nitrogens is 2. The summed E-state index contributed by atoms with van der Waals surface area (Å²) in [7, 11) is 1.62. The normalized spacial score (nSPS) is 14.9. The van der Waals surface area contributed by atoms with Gasteiger partial charge in [-0.25, -0.2) is 9.97 Å². The minimum atomic E-state index is -0.213. The summed E-state index contributed by atoms with van der Waals surface area (Å²) < 4.78 is 11.2. The number of aryl methyl sites for hydroxylation is 1. The molecule has 3 aromatic rings. The van der Waals surface area contributed by atoms with Crippen LogP contribution in [-0.2, 0) is 29.0 Å². The Morgan fingerprint density at radius 1 is 1.28 bits per heavy atom. The summed E-state index contributed by atoms with van der Waals surface area (Å²) >= 11 is 3.19. The van der Waals surface area contributed by atoms with Gasteiger partial charge in [-0.2, -0.15) is 0 Å². The predicted molar refractivity (Wildman–Crippen MR) is 131 cm³/mol. The zero-order valence-electron chi connectivity index (χ0n) is 19.0. The Bertz CT molecular complexity index is 1110. The number of nitrogens with one attached hydrogen (secondary N) is 1. The number of nitrogens with zero attached hydrogens (tertiary/aromatic N) is 2. The lowest BCUT2D eigenvalue weighted by atomic mass is 9.94. The molecule has 1 aliphatic rings. The van der Waals surface area contributed by atoms with Crippen LogP contribution < -0.4 is 10.1 Å². The molecule has 0 saturated carbocycles. The number of rotatable bonds is 8. The Morgan fingerprint density at radius 3 is 2.78 bits per heavy atom. The van der Waals surface area contributed by atoms with Gasteiger partial charge in [0.05, 0.1) is 25.1 Å². The van der Waals surface area contributed by atoms with Crippen molar-refractivity contribution in [2.75, 3.05) is 18.2 Å².